The molecule has 0 saturated heterocycles. The summed E-state index contributed by atoms with van der Waals surface area (Å²) in [6.45, 7) is 25.8. The first kappa shape index (κ1) is 41.0. The lowest BCUT2D eigenvalue weighted by molar-refractivity contribution is 0.476. The van der Waals surface area contributed by atoms with E-state index in [1.165, 1.54) is 55.7 Å². The molecule has 0 saturated carbocycles. The summed E-state index contributed by atoms with van der Waals surface area (Å²) in [5.74, 6) is 2.52. The van der Waals surface area contributed by atoms with Crippen LogP contribution in [0.5, 0.6) is 11.5 Å². The van der Waals surface area contributed by atoms with Crippen LogP contribution in [-0.2, 0) is 21.7 Å². The normalized spacial score (nSPS) is 13.6. The Morgan fingerprint density at radius 1 is 0.468 bits per heavy atom. The van der Waals surface area contributed by atoms with E-state index >= 15 is 0 Å². The zero-order valence-corrected chi connectivity index (χ0v) is 38.3. The van der Waals surface area contributed by atoms with Gasteiger partial charge in [0.05, 0.1) is 22.4 Å². The number of nitrogens with zero attached hydrogens (tertiary/aromatic N) is 4. The molecule has 0 amide bonds. The number of hydrogen-bond donors (Lipinski definition) is 0. The maximum absolute atomic E-state index is 7.14. The van der Waals surface area contributed by atoms with Gasteiger partial charge in [-0.2, -0.15) is 0 Å². The predicted octanol–water partition coefficient (Wildman–Crippen LogP) is 15.4. The Bertz CT molecular complexity index is 2950. The lowest BCUT2D eigenvalue weighted by Crippen LogP contribution is -2.25. The van der Waals surface area contributed by atoms with E-state index in [1.807, 2.05) is 6.20 Å². The second-order valence-electron chi connectivity index (χ2n) is 20.7. The van der Waals surface area contributed by atoms with Crippen molar-refractivity contribution in [3.05, 3.63) is 180 Å². The minimum atomic E-state index is -0.165. The lowest BCUT2D eigenvalue weighted by Gasteiger charge is -2.29. The molecular formula is C57H60N4O. The van der Waals surface area contributed by atoms with Crippen LogP contribution in [-0.4, -0.2) is 16.2 Å². The number of ether oxygens (including phenoxy) is 1. The average Bonchev–Trinajstić information content (AvgIpc) is 3.79. The molecule has 0 bridgehead atoms. The van der Waals surface area contributed by atoms with Crippen molar-refractivity contribution in [2.75, 3.05) is 16.5 Å². The molecule has 0 atom stereocenters. The van der Waals surface area contributed by atoms with Gasteiger partial charge in [-0.15, -0.1) is 0 Å². The Hall–Kier alpha value is -6.33. The molecule has 0 spiro atoms. The summed E-state index contributed by atoms with van der Waals surface area (Å²) in [5.41, 5.74) is 12.6. The Balaban J connectivity index is 1.15. The minimum Gasteiger partial charge on any atom is -0.457 e. The quantitative estimate of drug-likeness (QED) is 0.160. The molecule has 0 fully saturated rings. The van der Waals surface area contributed by atoms with Gasteiger partial charge in [-0.05, 0) is 105 Å². The summed E-state index contributed by atoms with van der Waals surface area (Å²) in [6.07, 6.45) is 1.95. The zero-order valence-electron chi connectivity index (χ0n) is 38.3. The Kier molecular flexibility index (Phi) is 9.89. The van der Waals surface area contributed by atoms with Gasteiger partial charge in [0.1, 0.15) is 24.0 Å². The van der Waals surface area contributed by atoms with Gasteiger partial charge in [-0.1, -0.05) is 149 Å². The van der Waals surface area contributed by atoms with Crippen LogP contribution in [0.25, 0.3) is 27.6 Å². The highest BCUT2D eigenvalue weighted by atomic mass is 16.5. The highest BCUT2D eigenvalue weighted by Gasteiger charge is 2.32. The van der Waals surface area contributed by atoms with Crippen LogP contribution in [0.15, 0.2) is 152 Å². The lowest BCUT2D eigenvalue weighted by atomic mass is 9.78. The molecule has 1 aliphatic rings. The van der Waals surface area contributed by atoms with Crippen molar-refractivity contribution in [3.63, 3.8) is 0 Å². The topological polar surface area (TPSA) is 33.5 Å². The number of fused-ring (bicyclic) bond motifs is 4. The average molecular weight is 817 g/mol. The zero-order chi connectivity index (χ0) is 43.8. The molecule has 6 aromatic carbocycles. The van der Waals surface area contributed by atoms with Crippen molar-refractivity contribution >= 4 is 44.6 Å². The Labute approximate surface area is 368 Å². The maximum atomic E-state index is 7.14. The smallest absolute Gasteiger partial charge is 0.137 e. The van der Waals surface area contributed by atoms with Gasteiger partial charge in [0, 0.05) is 45.9 Å². The summed E-state index contributed by atoms with van der Waals surface area (Å²) >= 11 is 0. The first-order valence-corrected chi connectivity index (χ1v) is 22.1. The number of para-hydroxylation sites is 3. The SMILES string of the molecule is CC(C)(C)c1cc(Oc2cc(C(C)(C)C)c3c4ccccc4n(-c4cc(C(C)(C)C)ccn4)c3c2)cc(N2CN(c3cccc(C(C)(C)c4ccccc4)c3)c3ccccc32)c1. The molecule has 9 rings (SSSR count). The second kappa shape index (κ2) is 14.9. The first-order chi connectivity index (χ1) is 29.4. The molecule has 62 heavy (non-hydrogen) atoms. The molecular weight excluding hydrogens is 757 g/mol. The van der Waals surface area contributed by atoms with Gasteiger partial charge in [-0.3, -0.25) is 4.57 Å². The van der Waals surface area contributed by atoms with E-state index in [9.17, 15) is 0 Å². The van der Waals surface area contributed by atoms with Crippen molar-refractivity contribution in [1.82, 2.24) is 9.55 Å². The third-order valence-electron chi connectivity index (χ3n) is 12.8. The highest BCUT2D eigenvalue weighted by Crippen LogP contribution is 2.48. The fraction of sp³-hybridized carbons (Fsp3) is 0.281. The number of hydrogen-bond acceptors (Lipinski definition) is 4. The van der Waals surface area contributed by atoms with Gasteiger partial charge >= 0.3 is 0 Å². The largest absolute Gasteiger partial charge is 0.457 e. The highest BCUT2D eigenvalue weighted by molar-refractivity contribution is 6.11. The van der Waals surface area contributed by atoms with Crippen LogP contribution in [0.2, 0.25) is 0 Å². The summed E-state index contributed by atoms with van der Waals surface area (Å²) in [6, 6.07) is 53.0. The predicted molar refractivity (Wildman–Crippen MR) is 262 cm³/mol. The number of anilines is 4. The molecule has 0 radical (unpaired) electrons. The standard InChI is InChI=1S/C57H60N4O/c1-54(2,3)39-28-29-58-52(33-39)61-48-25-16-15-24-46(48)53-47(56(7,8)9)35-45(36-51(53)61)62-44-32-41(55(4,5)6)31-43(34-44)60-37-59(49-26-17-18-27-50(49)60)42-23-19-22-40(30-42)57(10,11)38-20-13-12-14-21-38/h12-36H,37H2,1-11H3. The number of aromatic nitrogens is 2. The van der Waals surface area contributed by atoms with E-state index in [4.69, 9.17) is 9.72 Å². The van der Waals surface area contributed by atoms with Crippen molar-refractivity contribution in [1.29, 1.82) is 0 Å². The number of rotatable bonds is 7. The third kappa shape index (κ3) is 7.42. The molecule has 5 heteroatoms. The van der Waals surface area contributed by atoms with E-state index in [-0.39, 0.29) is 21.7 Å². The molecule has 5 nitrogen and oxygen atoms in total. The van der Waals surface area contributed by atoms with Gasteiger partial charge < -0.3 is 14.5 Å². The van der Waals surface area contributed by atoms with Crippen LogP contribution in [0, 0.1) is 0 Å². The van der Waals surface area contributed by atoms with E-state index in [1.54, 1.807) is 0 Å². The van der Waals surface area contributed by atoms with Gasteiger partial charge in [-0.25, -0.2) is 4.98 Å². The molecule has 1 aliphatic heterocycles. The molecule has 8 aromatic rings. The van der Waals surface area contributed by atoms with Crippen LogP contribution in [0.4, 0.5) is 22.7 Å². The van der Waals surface area contributed by atoms with E-state index in [2.05, 4.69) is 236 Å². The molecule has 0 aliphatic carbocycles. The van der Waals surface area contributed by atoms with E-state index in [0.717, 1.165) is 34.0 Å². The van der Waals surface area contributed by atoms with E-state index < -0.39 is 0 Å². The maximum Gasteiger partial charge on any atom is 0.137 e. The summed E-state index contributed by atoms with van der Waals surface area (Å²) in [4.78, 5) is 9.86. The summed E-state index contributed by atoms with van der Waals surface area (Å²) in [5, 5.41) is 2.45. The van der Waals surface area contributed by atoms with Crippen molar-refractivity contribution in [3.8, 4) is 17.3 Å². The third-order valence-corrected chi connectivity index (χ3v) is 12.8. The van der Waals surface area contributed by atoms with Crippen molar-refractivity contribution < 1.29 is 4.74 Å². The Morgan fingerprint density at radius 2 is 1.08 bits per heavy atom. The molecule has 3 heterocycles. The number of pyridine rings is 1. The Morgan fingerprint density at radius 3 is 1.77 bits per heavy atom. The van der Waals surface area contributed by atoms with Crippen molar-refractivity contribution in [2.45, 2.75) is 97.8 Å². The minimum absolute atomic E-state index is 0.0206. The molecule has 314 valence electrons. The fourth-order valence-electron chi connectivity index (χ4n) is 9.08. The van der Waals surface area contributed by atoms with Gasteiger partial charge in [0.15, 0.2) is 0 Å². The monoisotopic (exact) mass is 816 g/mol. The number of benzene rings is 6. The fourth-order valence-corrected chi connectivity index (χ4v) is 9.08. The van der Waals surface area contributed by atoms with Crippen LogP contribution >= 0.6 is 0 Å². The second-order valence-corrected chi connectivity index (χ2v) is 20.7. The van der Waals surface area contributed by atoms with Gasteiger partial charge in [0.25, 0.3) is 0 Å². The molecule has 0 N–H and O–H groups in total. The van der Waals surface area contributed by atoms with Crippen molar-refractivity contribution in [2.24, 2.45) is 0 Å². The summed E-state index contributed by atoms with van der Waals surface area (Å²) < 4.78 is 9.47. The van der Waals surface area contributed by atoms with Crippen LogP contribution < -0.4 is 14.5 Å². The van der Waals surface area contributed by atoms with Gasteiger partial charge in [0.2, 0.25) is 0 Å². The van der Waals surface area contributed by atoms with Crippen LogP contribution in [0.3, 0.4) is 0 Å². The first-order valence-electron chi connectivity index (χ1n) is 22.1. The molecule has 0 unspecified atom stereocenters. The van der Waals surface area contributed by atoms with E-state index in [0.29, 0.717) is 6.67 Å². The summed E-state index contributed by atoms with van der Waals surface area (Å²) in [7, 11) is 0. The van der Waals surface area contributed by atoms with Crippen LogP contribution in [0.1, 0.15) is 104 Å². The molecule has 2 aromatic heterocycles.